The quantitative estimate of drug-likeness (QED) is 0.747. The number of nitrogens with zero attached hydrogens (tertiary/aromatic N) is 1. The highest BCUT2D eigenvalue weighted by atomic mass is 35.5. The summed E-state index contributed by atoms with van der Waals surface area (Å²) in [7, 11) is 0. The predicted octanol–water partition coefficient (Wildman–Crippen LogP) is 4.92. The van der Waals surface area contributed by atoms with Gasteiger partial charge < -0.3 is 9.64 Å². The number of hydrogen-bond donors (Lipinski definition) is 0. The Morgan fingerprint density at radius 1 is 1.05 bits per heavy atom. The summed E-state index contributed by atoms with van der Waals surface area (Å²) < 4.78 is 5.85. The van der Waals surface area contributed by atoms with Crippen molar-refractivity contribution >= 4 is 35.6 Å². The van der Waals surface area contributed by atoms with Gasteiger partial charge in [-0.05, 0) is 68.8 Å². The van der Waals surface area contributed by atoms with E-state index in [0.29, 0.717) is 16.0 Å². The van der Waals surface area contributed by atoms with Gasteiger partial charge in [-0.25, -0.2) is 0 Å². The van der Waals surface area contributed by atoms with Gasteiger partial charge >= 0.3 is 0 Å². The van der Waals surface area contributed by atoms with Gasteiger partial charge in [0.05, 0.1) is 11.6 Å². The van der Waals surface area contributed by atoms with Crippen molar-refractivity contribution in [3.8, 4) is 5.75 Å². The van der Waals surface area contributed by atoms with E-state index >= 15 is 0 Å². The van der Waals surface area contributed by atoms with E-state index in [4.69, 9.17) is 27.9 Å². The van der Waals surface area contributed by atoms with Crippen molar-refractivity contribution in [2.75, 3.05) is 26.2 Å². The Balaban J connectivity index is 0.00000161. The summed E-state index contributed by atoms with van der Waals surface area (Å²) in [5.74, 6) is 2.39. The average Bonchev–Trinajstić information content (AvgIpc) is 3.23. The SMILES string of the molecule is Cl.Clc1ccc(OCC2CCN(CC3CC3)CC2)c(Cl)c1. The molecule has 0 unspecified atom stereocenters. The fourth-order valence-electron chi connectivity index (χ4n) is 2.80. The molecule has 1 aromatic rings. The van der Waals surface area contributed by atoms with Gasteiger partial charge in [-0.2, -0.15) is 0 Å². The Hall–Kier alpha value is -0.150. The molecule has 1 saturated heterocycles. The molecule has 21 heavy (non-hydrogen) atoms. The number of ether oxygens (including phenoxy) is 1. The van der Waals surface area contributed by atoms with Crippen molar-refractivity contribution in [1.29, 1.82) is 0 Å². The second-order valence-corrected chi connectivity index (χ2v) is 6.92. The van der Waals surface area contributed by atoms with Crippen molar-refractivity contribution in [2.45, 2.75) is 25.7 Å². The Bertz CT molecular complexity index is 457. The van der Waals surface area contributed by atoms with E-state index in [1.807, 2.05) is 12.1 Å². The molecule has 118 valence electrons. The molecule has 0 bridgehead atoms. The van der Waals surface area contributed by atoms with Crippen LogP contribution in [0, 0.1) is 11.8 Å². The third kappa shape index (κ3) is 5.21. The normalized spacial score (nSPS) is 20.1. The molecule has 1 heterocycles. The molecule has 3 rings (SSSR count). The van der Waals surface area contributed by atoms with Crippen molar-refractivity contribution in [1.82, 2.24) is 4.90 Å². The summed E-state index contributed by atoms with van der Waals surface area (Å²) in [6.45, 7) is 4.52. The molecule has 0 atom stereocenters. The molecular formula is C16H22Cl3NO. The maximum atomic E-state index is 6.12. The first-order chi connectivity index (χ1) is 9.70. The minimum atomic E-state index is 0. The van der Waals surface area contributed by atoms with Crippen LogP contribution in [0.5, 0.6) is 5.75 Å². The first kappa shape index (κ1) is 17.2. The molecule has 0 N–H and O–H groups in total. The van der Waals surface area contributed by atoms with Gasteiger partial charge in [-0.1, -0.05) is 23.2 Å². The zero-order valence-electron chi connectivity index (χ0n) is 12.1. The fraction of sp³-hybridized carbons (Fsp3) is 0.625. The molecule has 0 spiro atoms. The smallest absolute Gasteiger partial charge is 0.137 e. The van der Waals surface area contributed by atoms with Crippen LogP contribution in [0.3, 0.4) is 0 Å². The number of hydrogen-bond acceptors (Lipinski definition) is 2. The number of halogens is 3. The molecule has 2 fully saturated rings. The summed E-state index contributed by atoms with van der Waals surface area (Å²) in [6.07, 6.45) is 5.35. The van der Waals surface area contributed by atoms with E-state index in [1.165, 1.54) is 45.3 Å². The van der Waals surface area contributed by atoms with E-state index in [0.717, 1.165) is 18.3 Å². The lowest BCUT2D eigenvalue weighted by Crippen LogP contribution is -2.36. The minimum Gasteiger partial charge on any atom is -0.492 e. The van der Waals surface area contributed by atoms with Crippen LogP contribution in [0.4, 0.5) is 0 Å². The predicted molar refractivity (Wildman–Crippen MR) is 91.1 cm³/mol. The van der Waals surface area contributed by atoms with Crippen LogP contribution in [0.2, 0.25) is 10.0 Å². The summed E-state index contributed by atoms with van der Waals surface area (Å²) in [4.78, 5) is 2.61. The molecule has 0 radical (unpaired) electrons. The minimum absolute atomic E-state index is 0. The van der Waals surface area contributed by atoms with Crippen molar-refractivity contribution in [3.63, 3.8) is 0 Å². The Kier molecular flexibility index (Phi) is 6.49. The summed E-state index contributed by atoms with van der Waals surface area (Å²) >= 11 is 12.0. The molecule has 1 aromatic carbocycles. The maximum absolute atomic E-state index is 6.12. The standard InChI is InChI=1S/C16H21Cl2NO.ClH/c17-14-3-4-16(15(18)9-14)20-11-13-5-7-19(8-6-13)10-12-1-2-12;/h3-4,9,12-13H,1-2,5-8,10-11H2;1H. The van der Waals surface area contributed by atoms with Gasteiger partial charge in [0.2, 0.25) is 0 Å². The molecule has 1 saturated carbocycles. The van der Waals surface area contributed by atoms with Crippen LogP contribution in [-0.2, 0) is 0 Å². The number of piperidine rings is 1. The Morgan fingerprint density at radius 2 is 1.76 bits per heavy atom. The monoisotopic (exact) mass is 349 g/mol. The summed E-state index contributed by atoms with van der Waals surface area (Å²) in [5.41, 5.74) is 0. The average molecular weight is 351 g/mol. The molecule has 2 aliphatic rings. The lowest BCUT2D eigenvalue weighted by molar-refractivity contribution is 0.138. The van der Waals surface area contributed by atoms with Gasteiger partial charge in [0, 0.05) is 11.6 Å². The molecule has 2 nitrogen and oxygen atoms in total. The van der Waals surface area contributed by atoms with Gasteiger partial charge in [-0.3, -0.25) is 0 Å². The summed E-state index contributed by atoms with van der Waals surface area (Å²) in [5, 5.41) is 1.25. The summed E-state index contributed by atoms with van der Waals surface area (Å²) in [6, 6.07) is 5.41. The van der Waals surface area contributed by atoms with Crippen LogP contribution >= 0.6 is 35.6 Å². The van der Waals surface area contributed by atoms with Crippen molar-refractivity contribution < 1.29 is 4.74 Å². The Morgan fingerprint density at radius 3 is 2.38 bits per heavy atom. The van der Waals surface area contributed by atoms with E-state index in [-0.39, 0.29) is 12.4 Å². The third-order valence-corrected chi connectivity index (χ3v) is 4.82. The molecule has 5 heteroatoms. The zero-order chi connectivity index (χ0) is 13.9. The van der Waals surface area contributed by atoms with Gasteiger partial charge in [0.15, 0.2) is 0 Å². The molecular weight excluding hydrogens is 329 g/mol. The highest BCUT2D eigenvalue weighted by Gasteiger charge is 2.27. The zero-order valence-corrected chi connectivity index (χ0v) is 14.4. The number of rotatable bonds is 5. The fourth-order valence-corrected chi connectivity index (χ4v) is 3.26. The highest BCUT2D eigenvalue weighted by molar-refractivity contribution is 6.35. The van der Waals surface area contributed by atoms with E-state index in [9.17, 15) is 0 Å². The largest absolute Gasteiger partial charge is 0.492 e. The topological polar surface area (TPSA) is 12.5 Å². The second-order valence-electron chi connectivity index (χ2n) is 6.07. The molecule has 0 aromatic heterocycles. The van der Waals surface area contributed by atoms with Crippen LogP contribution < -0.4 is 4.74 Å². The number of likely N-dealkylation sites (tertiary alicyclic amines) is 1. The molecule has 1 aliphatic heterocycles. The van der Waals surface area contributed by atoms with Gasteiger partial charge in [0.25, 0.3) is 0 Å². The first-order valence-electron chi connectivity index (χ1n) is 7.51. The van der Waals surface area contributed by atoms with Crippen LogP contribution in [0.15, 0.2) is 18.2 Å². The highest BCUT2D eigenvalue weighted by Crippen LogP contribution is 2.32. The first-order valence-corrected chi connectivity index (χ1v) is 8.26. The van der Waals surface area contributed by atoms with E-state index in [2.05, 4.69) is 4.90 Å². The van der Waals surface area contributed by atoms with Crippen LogP contribution in [-0.4, -0.2) is 31.1 Å². The van der Waals surface area contributed by atoms with Gasteiger partial charge in [-0.15, -0.1) is 12.4 Å². The number of benzene rings is 1. The van der Waals surface area contributed by atoms with Crippen LogP contribution in [0.1, 0.15) is 25.7 Å². The van der Waals surface area contributed by atoms with E-state index in [1.54, 1.807) is 6.07 Å². The van der Waals surface area contributed by atoms with Crippen molar-refractivity contribution in [3.05, 3.63) is 28.2 Å². The maximum Gasteiger partial charge on any atom is 0.137 e. The lowest BCUT2D eigenvalue weighted by atomic mass is 9.97. The molecule has 1 aliphatic carbocycles. The van der Waals surface area contributed by atoms with E-state index < -0.39 is 0 Å². The molecule has 0 amide bonds. The Labute approximate surface area is 143 Å². The lowest BCUT2D eigenvalue weighted by Gasteiger charge is -2.31. The second kappa shape index (κ2) is 7.92. The van der Waals surface area contributed by atoms with Gasteiger partial charge in [0.1, 0.15) is 5.75 Å². The van der Waals surface area contributed by atoms with Crippen LogP contribution in [0.25, 0.3) is 0 Å². The van der Waals surface area contributed by atoms with Crippen molar-refractivity contribution in [2.24, 2.45) is 11.8 Å². The third-order valence-electron chi connectivity index (χ3n) is 4.29.